The maximum absolute atomic E-state index is 12.4. The summed E-state index contributed by atoms with van der Waals surface area (Å²) in [6.07, 6.45) is -1.27. The first-order valence-corrected chi connectivity index (χ1v) is 7.33. The highest BCUT2D eigenvalue weighted by atomic mass is 31.2. The van der Waals surface area contributed by atoms with Crippen LogP contribution in [-0.2, 0) is 23.1 Å². The van der Waals surface area contributed by atoms with Gasteiger partial charge in [0.25, 0.3) is 0 Å². The van der Waals surface area contributed by atoms with Gasteiger partial charge < -0.3 is 18.9 Å². The standard InChI is InChI=1S/C10H19O6P/c1-4-14-17(13,15-5-2)9-6-8(7(3)11)16-10(9)12/h7-9,11H,4-6H2,1-3H3. The highest BCUT2D eigenvalue weighted by Gasteiger charge is 2.49. The monoisotopic (exact) mass is 266 g/mol. The van der Waals surface area contributed by atoms with Crippen molar-refractivity contribution in [1.82, 2.24) is 0 Å². The number of aliphatic hydroxyl groups is 1. The van der Waals surface area contributed by atoms with E-state index in [-0.39, 0.29) is 19.6 Å². The van der Waals surface area contributed by atoms with Gasteiger partial charge in [0, 0.05) is 6.42 Å². The molecule has 3 atom stereocenters. The van der Waals surface area contributed by atoms with Gasteiger partial charge in [0.05, 0.1) is 19.3 Å². The summed E-state index contributed by atoms with van der Waals surface area (Å²) in [5.74, 6) is -0.624. The van der Waals surface area contributed by atoms with Crippen molar-refractivity contribution in [3.63, 3.8) is 0 Å². The molecule has 3 unspecified atom stereocenters. The van der Waals surface area contributed by atoms with Crippen LogP contribution in [0.15, 0.2) is 0 Å². The molecule has 7 heteroatoms. The zero-order valence-electron chi connectivity index (χ0n) is 10.3. The quantitative estimate of drug-likeness (QED) is 0.576. The third-order valence-electron chi connectivity index (χ3n) is 2.53. The average Bonchev–Trinajstić information content (AvgIpc) is 2.62. The molecule has 1 fully saturated rings. The predicted molar refractivity (Wildman–Crippen MR) is 60.8 cm³/mol. The number of ether oxygens (including phenoxy) is 1. The van der Waals surface area contributed by atoms with Gasteiger partial charge in [-0.15, -0.1) is 0 Å². The molecule has 0 aromatic carbocycles. The third-order valence-corrected chi connectivity index (χ3v) is 4.95. The first-order valence-electron chi connectivity index (χ1n) is 5.72. The van der Waals surface area contributed by atoms with Crippen LogP contribution in [0.2, 0.25) is 0 Å². The van der Waals surface area contributed by atoms with Crippen molar-refractivity contribution in [3.8, 4) is 0 Å². The maximum Gasteiger partial charge on any atom is 0.345 e. The van der Waals surface area contributed by atoms with Gasteiger partial charge in [-0.25, -0.2) is 0 Å². The Hall–Kier alpha value is -0.420. The largest absolute Gasteiger partial charge is 0.459 e. The van der Waals surface area contributed by atoms with Crippen LogP contribution in [0.5, 0.6) is 0 Å². The summed E-state index contributed by atoms with van der Waals surface area (Å²) in [5.41, 5.74) is -0.929. The van der Waals surface area contributed by atoms with E-state index in [1.54, 1.807) is 13.8 Å². The van der Waals surface area contributed by atoms with Crippen LogP contribution in [0, 0.1) is 0 Å². The van der Waals surface area contributed by atoms with Crippen molar-refractivity contribution in [2.24, 2.45) is 0 Å². The Kier molecular flexibility index (Phi) is 5.13. The highest BCUT2D eigenvalue weighted by molar-refractivity contribution is 7.55. The fraction of sp³-hybridized carbons (Fsp3) is 0.900. The lowest BCUT2D eigenvalue weighted by atomic mass is 10.1. The Morgan fingerprint density at radius 3 is 2.35 bits per heavy atom. The van der Waals surface area contributed by atoms with Gasteiger partial charge in [-0.05, 0) is 20.8 Å². The summed E-state index contributed by atoms with van der Waals surface area (Å²) in [5, 5.41) is 9.36. The van der Waals surface area contributed by atoms with E-state index in [9.17, 15) is 14.5 Å². The molecule has 1 heterocycles. The highest BCUT2D eigenvalue weighted by Crippen LogP contribution is 2.56. The molecule has 0 aliphatic carbocycles. The van der Waals surface area contributed by atoms with Gasteiger partial charge >= 0.3 is 13.6 Å². The number of hydrogen-bond donors (Lipinski definition) is 1. The SMILES string of the molecule is CCOP(=O)(OCC)C1CC(C(C)O)OC1=O. The van der Waals surface area contributed by atoms with Crippen LogP contribution >= 0.6 is 7.60 Å². The molecule has 100 valence electrons. The number of aliphatic hydroxyl groups excluding tert-OH is 1. The van der Waals surface area contributed by atoms with Crippen molar-refractivity contribution in [3.05, 3.63) is 0 Å². The first kappa shape index (κ1) is 14.6. The first-order chi connectivity index (χ1) is 7.94. The summed E-state index contributed by atoms with van der Waals surface area (Å²) in [6, 6.07) is 0. The smallest absolute Gasteiger partial charge is 0.345 e. The molecule has 0 aromatic heterocycles. The van der Waals surface area contributed by atoms with E-state index in [2.05, 4.69) is 0 Å². The van der Waals surface area contributed by atoms with Crippen molar-refractivity contribution < 1.29 is 28.3 Å². The molecule has 17 heavy (non-hydrogen) atoms. The molecule has 1 rings (SSSR count). The molecule has 0 radical (unpaired) electrons. The lowest BCUT2D eigenvalue weighted by Crippen LogP contribution is -2.22. The number of carbonyl (C=O) groups is 1. The molecule has 1 aliphatic heterocycles. The van der Waals surface area contributed by atoms with Gasteiger partial charge in [0.2, 0.25) is 0 Å². The summed E-state index contributed by atoms with van der Waals surface area (Å²) in [4.78, 5) is 11.6. The molecular formula is C10H19O6P. The number of hydrogen-bond acceptors (Lipinski definition) is 6. The molecule has 0 aromatic rings. The van der Waals surface area contributed by atoms with Crippen LogP contribution in [-0.4, -0.2) is 42.2 Å². The zero-order chi connectivity index (χ0) is 13.1. The van der Waals surface area contributed by atoms with Gasteiger partial charge in [0.1, 0.15) is 6.10 Å². The second kappa shape index (κ2) is 5.96. The van der Waals surface area contributed by atoms with Gasteiger partial charge in [-0.2, -0.15) is 0 Å². The van der Waals surface area contributed by atoms with Crippen molar-refractivity contribution in [1.29, 1.82) is 0 Å². The van der Waals surface area contributed by atoms with Gasteiger partial charge in [-0.1, -0.05) is 0 Å². The predicted octanol–water partition coefficient (Wildman–Crippen LogP) is 1.32. The number of rotatable bonds is 6. The fourth-order valence-corrected chi connectivity index (χ4v) is 3.66. The number of cyclic esters (lactones) is 1. The van der Waals surface area contributed by atoms with E-state index in [1.807, 2.05) is 0 Å². The molecular weight excluding hydrogens is 247 g/mol. The summed E-state index contributed by atoms with van der Waals surface area (Å²) >= 11 is 0. The number of esters is 1. The van der Waals surface area contributed by atoms with Crippen molar-refractivity contribution >= 4 is 13.6 Å². The van der Waals surface area contributed by atoms with E-state index in [1.165, 1.54) is 6.92 Å². The van der Waals surface area contributed by atoms with Gasteiger partial charge in [0.15, 0.2) is 5.66 Å². The Balaban J connectivity index is 2.82. The third kappa shape index (κ3) is 3.28. The minimum absolute atomic E-state index is 0.160. The lowest BCUT2D eigenvalue weighted by Gasteiger charge is -2.20. The lowest BCUT2D eigenvalue weighted by molar-refractivity contribution is -0.144. The summed E-state index contributed by atoms with van der Waals surface area (Å²) in [6.45, 7) is 5.27. The van der Waals surface area contributed by atoms with Gasteiger partial charge in [-0.3, -0.25) is 9.36 Å². The average molecular weight is 266 g/mol. The topological polar surface area (TPSA) is 82.1 Å². The normalized spacial score (nSPS) is 26.9. The maximum atomic E-state index is 12.4. The van der Waals surface area contributed by atoms with Crippen LogP contribution in [0.4, 0.5) is 0 Å². The van der Waals surface area contributed by atoms with Crippen LogP contribution in [0.3, 0.4) is 0 Å². The summed E-state index contributed by atoms with van der Waals surface area (Å²) in [7, 11) is -3.49. The molecule has 1 N–H and O–H groups in total. The van der Waals surface area contributed by atoms with E-state index < -0.39 is 31.4 Å². The second-order valence-electron chi connectivity index (χ2n) is 3.84. The molecule has 6 nitrogen and oxygen atoms in total. The van der Waals surface area contributed by atoms with Crippen molar-refractivity contribution in [2.45, 2.75) is 45.1 Å². The molecule has 0 bridgehead atoms. The second-order valence-corrected chi connectivity index (χ2v) is 6.06. The van der Waals surface area contributed by atoms with Crippen LogP contribution in [0.25, 0.3) is 0 Å². The molecule has 1 aliphatic rings. The Labute approximate surface area is 101 Å². The minimum Gasteiger partial charge on any atom is -0.459 e. The zero-order valence-corrected chi connectivity index (χ0v) is 11.2. The number of carbonyl (C=O) groups excluding carboxylic acids is 1. The Bertz CT molecular complexity index is 306. The van der Waals surface area contributed by atoms with E-state index >= 15 is 0 Å². The van der Waals surface area contributed by atoms with E-state index in [0.29, 0.717) is 0 Å². The fourth-order valence-electron chi connectivity index (χ4n) is 1.72. The van der Waals surface area contributed by atoms with Crippen LogP contribution in [0.1, 0.15) is 27.2 Å². The Morgan fingerprint density at radius 2 is 2.00 bits per heavy atom. The molecule has 0 saturated carbocycles. The minimum atomic E-state index is -3.49. The molecule has 0 spiro atoms. The van der Waals surface area contributed by atoms with Crippen molar-refractivity contribution in [2.75, 3.05) is 13.2 Å². The summed E-state index contributed by atoms with van der Waals surface area (Å²) < 4.78 is 27.5. The van der Waals surface area contributed by atoms with E-state index in [4.69, 9.17) is 13.8 Å². The molecule has 0 amide bonds. The van der Waals surface area contributed by atoms with E-state index in [0.717, 1.165) is 0 Å². The van der Waals surface area contributed by atoms with Crippen LogP contribution < -0.4 is 0 Å². The molecule has 1 saturated heterocycles. The Morgan fingerprint density at radius 1 is 1.47 bits per heavy atom.